The average Bonchev–Trinajstić information content (AvgIpc) is 3.25. The predicted molar refractivity (Wildman–Crippen MR) is 111 cm³/mol. The lowest BCUT2D eigenvalue weighted by atomic mass is 9.97. The van der Waals surface area contributed by atoms with Crippen LogP contribution in [0.2, 0.25) is 5.02 Å². The number of nitriles is 1. The van der Waals surface area contributed by atoms with Crippen LogP contribution in [0.25, 0.3) is 11.4 Å². The Labute approximate surface area is 176 Å². The van der Waals surface area contributed by atoms with E-state index in [1.807, 2.05) is 23.1 Å². The Bertz CT molecular complexity index is 1250. The molecule has 2 aromatic heterocycles. The van der Waals surface area contributed by atoms with Crippen molar-refractivity contribution in [3.63, 3.8) is 0 Å². The van der Waals surface area contributed by atoms with E-state index in [-0.39, 0.29) is 11.5 Å². The van der Waals surface area contributed by atoms with Gasteiger partial charge < -0.3 is 9.42 Å². The highest BCUT2D eigenvalue weighted by atomic mass is 35.5. The quantitative estimate of drug-likeness (QED) is 0.630. The molecule has 0 spiro atoms. The van der Waals surface area contributed by atoms with Crippen molar-refractivity contribution in [1.29, 1.82) is 5.26 Å². The molecule has 1 unspecified atom stereocenters. The summed E-state index contributed by atoms with van der Waals surface area (Å²) in [5.74, 6) is 1.19. The highest BCUT2D eigenvalue weighted by Gasteiger charge is 2.30. The smallest absolute Gasteiger partial charge is 0.332 e. The van der Waals surface area contributed by atoms with Crippen molar-refractivity contribution in [3.05, 3.63) is 61.6 Å². The molecule has 4 rings (SSSR count). The van der Waals surface area contributed by atoms with Crippen LogP contribution in [-0.2, 0) is 14.1 Å². The van der Waals surface area contributed by atoms with Crippen LogP contribution >= 0.6 is 11.6 Å². The van der Waals surface area contributed by atoms with Gasteiger partial charge in [0.25, 0.3) is 5.56 Å². The summed E-state index contributed by atoms with van der Waals surface area (Å²) in [5.41, 5.74) is -0.324. The Morgan fingerprint density at radius 2 is 1.93 bits per heavy atom. The number of benzene rings is 1. The van der Waals surface area contributed by atoms with E-state index in [1.54, 1.807) is 19.2 Å². The van der Waals surface area contributed by atoms with Gasteiger partial charge in [0.05, 0.1) is 5.92 Å². The SMILES string of the molecule is Cn1c(N2CCCC(c3nc(-c4ccc(Cl)cc4)no3)C2)c(C#N)c(=O)n(C)c1=O. The first-order chi connectivity index (χ1) is 14.4. The van der Waals surface area contributed by atoms with Gasteiger partial charge in [-0.15, -0.1) is 0 Å². The van der Waals surface area contributed by atoms with E-state index in [2.05, 4.69) is 10.1 Å². The molecule has 9 nitrogen and oxygen atoms in total. The van der Waals surface area contributed by atoms with E-state index in [0.29, 0.717) is 35.6 Å². The normalized spacial score (nSPS) is 16.5. The van der Waals surface area contributed by atoms with Crippen LogP contribution in [-0.4, -0.2) is 32.4 Å². The van der Waals surface area contributed by atoms with Crippen molar-refractivity contribution in [3.8, 4) is 17.5 Å². The van der Waals surface area contributed by atoms with Crippen LogP contribution in [0.5, 0.6) is 0 Å². The molecular weight excluding hydrogens is 408 g/mol. The molecule has 10 heteroatoms. The summed E-state index contributed by atoms with van der Waals surface area (Å²) in [7, 11) is 2.93. The molecule has 3 aromatic rings. The summed E-state index contributed by atoms with van der Waals surface area (Å²) >= 11 is 5.93. The van der Waals surface area contributed by atoms with E-state index in [4.69, 9.17) is 16.1 Å². The lowest BCUT2D eigenvalue weighted by Gasteiger charge is -2.34. The highest BCUT2D eigenvalue weighted by molar-refractivity contribution is 6.30. The van der Waals surface area contributed by atoms with Gasteiger partial charge in [0, 0.05) is 37.8 Å². The first kappa shape index (κ1) is 19.9. The monoisotopic (exact) mass is 426 g/mol. The summed E-state index contributed by atoms with van der Waals surface area (Å²) in [4.78, 5) is 31.2. The summed E-state index contributed by atoms with van der Waals surface area (Å²) in [6.07, 6.45) is 1.61. The van der Waals surface area contributed by atoms with Gasteiger partial charge in [0.2, 0.25) is 11.7 Å². The minimum Gasteiger partial charge on any atom is -0.356 e. The molecule has 3 heterocycles. The van der Waals surface area contributed by atoms with Crippen LogP contribution < -0.4 is 16.1 Å². The van der Waals surface area contributed by atoms with Crippen LogP contribution in [0, 0.1) is 11.3 Å². The zero-order valence-electron chi connectivity index (χ0n) is 16.5. The molecule has 0 amide bonds. The number of rotatable bonds is 3. The molecule has 1 aromatic carbocycles. The molecule has 154 valence electrons. The fraction of sp³-hybridized carbons (Fsp3) is 0.350. The maximum Gasteiger partial charge on any atom is 0.332 e. The van der Waals surface area contributed by atoms with Gasteiger partial charge in [-0.1, -0.05) is 16.8 Å². The zero-order valence-corrected chi connectivity index (χ0v) is 17.3. The third-order valence-electron chi connectivity index (χ3n) is 5.36. The van der Waals surface area contributed by atoms with Gasteiger partial charge in [-0.25, -0.2) is 4.79 Å². The van der Waals surface area contributed by atoms with Crippen molar-refractivity contribution in [2.24, 2.45) is 14.1 Å². The van der Waals surface area contributed by atoms with Crippen molar-refractivity contribution < 1.29 is 4.52 Å². The molecule has 1 fully saturated rings. The second-order valence-corrected chi connectivity index (χ2v) is 7.70. The van der Waals surface area contributed by atoms with Crippen LogP contribution in [0.15, 0.2) is 38.4 Å². The van der Waals surface area contributed by atoms with E-state index >= 15 is 0 Å². The van der Waals surface area contributed by atoms with Gasteiger partial charge in [0.15, 0.2) is 5.56 Å². The maximum absolute atomic E-state index is 12.4. The highest BCUT2D eigenvalue weighted by Crippen LogP contribution is 2.30. The van der Waals surface area contributed by atoms with Gasteiger partial charge in [-0.3, -0.25) is 13.9 Å². The zero-order chi connectivity index (χ0) is 21.4. The van der Waals surface area contributed by atoms with Crippen molar-refractivity contribution in [2.45, 2.75) is 18.8 Å². The number of aromatic nitrogens is 4. The second-order valence-electron chi connectivity index (χ2n) is 7.26. The van der Waals surface area contributed by atoms with E-state index in [1.165, 1.54) is 11.6 Å². The third kappa shape index (κ3) is 3.39. The number of hydrogen-bond acceptors (Lipinski definition) is 7. The third-order valence-corrected chi connectivity index (χ3v) is 5.61. The molecule has 1 aliphatic rings. The van der Waals surface area contributed by atoms with E-state index in [0.717, 1.165) is 23.0 Å². The van der Waals surface area contributed by atoms with Crippen molar-refractivity contribution in [1.82, 2.24) is 19.3 Å². The van der Waals surface area contributed by atoms with Gasteiger partial charge in [-0.05, 0) is 37.1 Å². The summed E-state index contributed by atoms with van der Waals surface area (Å²) in [6, 6.07) is 9.11. The van der Waals surface area contributed by atoms with E-state index < -0.39 is 11.2 Å². The Morgan fingerprint density at radius 3 is 2.63 bits per heavy atom. The fourth-order valence-corrected chi connectivity index (χ4v) is 3.92. The number of hydrogen-bond donors (Lipinski definition) is 0. The van der Waals surface area contributed by atoms with Crippen LogP contribution in [0.1, 0.15) is 30.2 Å². The van der Waals surface area contributed by atoms with Crippen LogP contribution in [0.4, 0.5) is 5.82 Å². The molecule has 0 bridgehead atoms. The molecule has 1 aliphatic heterocycles. The first-order valence-corrected chi connectivity index (χ1v) is 9.83. The van der Waals surface area contributed by atoms with Gasteiger partial charge in [-0.2, -0.15) is 10.2 Å². The topological polar surface area (TPSA) is 110 Å². The molecule has 1 saturated heterocycles. The standard InChI is InChI=1S/C20H19ClN6O3/c1-25-18(15(10-22)19(28)26(2)20(25)29)27-9-3-4-13(11-27)17-23-16(24-30-17)12-5-7-14(21)8-6-12/h5-8,13H,3-4,9,11H2,1-2H3. The minimum absolute atomic E-state index is 0.0485. The van der Waals surface area contributed by atoms with Crippen LogP contribution in [0.3, 0.4) is 0 Å². The number of piperidine rings is 1. The Balaban J connectivity index is 1.66. The van der Waals surface area contributed by atoms with Crippen molar-refractivity contribution >= 4 is 17.4 Å². The Hall–Kier alpha value is -3.38. The maximum atomic E-state index is 12.4. The van der Waals surface area contributed by atoms with Gasteiger partial charge in [0.1, 0.15) is 11.9 Å². The summed E-state index contributed by atoms with van der Waals surface area (Å²) in [5, 5.41) is 14.2. The average molecular weight is 427 g/mol. The number of nitrogens with zero attached hydrogens (tertiary/aromatic N) is 6. The molecule has 0 saturated carbocycles. The second kappa shape index (κ2) is 7.80. The summed E-state index contributed by atoms with van der Waals surface area (Å²) in [6.45, 7) is 1.07. The largest absolute Gasteiger partial charge is 0.356 e. The molecule has 1 atom stereocenters. The molecule has 0 radical (unpaired) electrons. The lowest BCUT2D eigenvalue weighted by molar-refractivity contribution is 0.332. The number of halogens is 1. The fourth-order valence-electron chi connectivity index (χ4n) is 3.79. The minimum atomic E-state index is -0.597. The molecule has 0 aliphatic carbocycles. The molecule has 0 N–H and O–H groups in total. The summed E-state index contributed by atoms with van der Waals surface area (Å²) < 4.78 is 7.79. The van der Waals surface area contributed by atoms with E-state index in [9.17, 15) is 14.9 Å². The first-order valence-electron chi connectivity index (χ1n) is 9.45. The lowest BCUT2D eigenvalue weighted by Crippen LogP contribution is -2.45. The number of anilines is 1. The van der Waals surface area contributed by atoms with Crippen molar-refractivity contribution in [2.75, 3.05) is 18.0 Å². The Morgan fingerprint density at radius 1 is 1.20 bits per heavy atom. The van der Waals surface area contributed by atoms with Gasteiger partial charge >= 0.3 is 5.69 Å². The molecule has 30 heavy (non-hydrogen) atoms. The molecular formula is C20H19ClN6O3. The Kier molecular flexibility index (Phi) is 5.18. The predicted octanol–water partition coefficient (Wildman–Crippen LogP) is 2.04.